The van der Waals surface area contributed by atoms with Gasteiger partial charge in [-0.15, -0.1) is 0 Å². The van der Waals surface area contributed by atoms with Gasteiger partial charge >= 0.3 is 0 Å². The van der Waals surface area contributed by atoms with Crippen molar-refractivity contribution < 1.29 is 4.74 Å². The van der Waals surface area contributed by atoms with Gasteiger partial charge < -0.3 is 10.1 Å². The van der Waals surface area contributed by atoms with Gasteiger partial charge in [0, 0.05) is 6.54 Å². The summed E-state index contributed by atoms with van der Waals surface area (Å²) in [5.41, 5.74) is 1.96. The highest BCUT2D eigenvalue weighted by Crippen LogP contribution is 2.30. The Bertz CT molecular complexity index is 599. The van der Waals surface area contributed by atoms with E-state index in [0.717, 1.165) is 23.6 Å². The van der Waals surface area contributed by atoms with Crippen molar-refractivity contribution in [1.29, 1.82) is 0 Å². The van der Waals surface area contributed by atoms with Crippen LogP contribution in [0.4, 0.5) is 5.69 Å². The number of rotatable bonds is 6. The van der Waals surface area contributed by atoms with Gasteiger partial charge in [0.05, 0.1) is 22.3 Å². The van der Waals surface area contributed by atoms with Gasteiger partial charge in [-0.25, -0.2) is 0 Å². The Hall–Kier alpha value is -1.38. The van der Waals surface area contributed by atoms with Crippen molar-refractivity contribution in [2.24, 2.45) is 5.92 Å². The highest BCUT2D eigenvalue weighted by atomic mass is 35.5. The van der Waals surface area contributed by atoms with Crippen molar-refractivity contribution in [2.75, 3.05) is 11.9 Å². The summed E-state index contributed by atoms with van der Waals surface area (Å²) in [4.78, 5) is 0. The molecule has 21 heavy (non-hydrogen) atoms. The number of ether oxygens (including phenoxy) is 1. The molecule has 112 valence electrons. The van der Waals surface area contributed by atoms with E-state index in [0.29, 0.717) is 22.5 Å². The van der Waals surface area contributed by atoms with Gasteiger partial charge in [-0.05, 0) is 35.7 Å². The third kappa shape index (κ3) is 4.83. The minimum absolute atomic E-state index is 0.511. The monoisotopic (exact) mass is 323 g/mol. The number of benzene rings is 2. The third-order valence-electron chi connectivity index (χ3n) is 2.92. The summed E-state index contributed by atoms with van der Waals surface area (Å²) >= 11 is 12.2. The molecule has 0 atom stereocenters. The molecule has 0 aliphatic rings. The van der Waals surface area contributed by atoms with Crippen LogP contribution in [0.15, 0.2) is 42.5 Å². The molecule has 0 aliphatic heterocycles. The van der Waals surface area contributed by atoms with E-state index in [9.17, 15) is 0 Å². The molecule has 2 aromatic rings. The zero-order valence-electron chi connectivity index (χ0n) is 12.2. The Kier molecular flexibility index (Phi) is 5.77. The molecule has 0 fully saturated rings. The standard InChI is InChI=1S/C17H19Cl2NO/c1-12(2)11-21-14-6-3-5-13(9-14)10-20-16-8-4-7-15(18)17(16)19/h3-9,12,20H,10-11H2,1-2H3. The Morgan fingerprint density at radius 1 is 1.10 bits per heavy atom. The van der Waals surface area contributed by atoms with Crippen LogP contribution in [0.2, 0.25) is 10.0 Å². The molecule has 0 amide bonds. The lowest BCUT2D eigenvalue weighted by Crippen LogP contribution is -2.05. The van der Waals surface area contributed by atoms with E-state index >= 15 is 0 Å². The van der Waals surface area contributed by atoms with E-state index < -0.39 is 0 Å². The lowest BCUT2D eigenvalue weighted by Gasteiger charge is -2.12. The average Bonchev–Trinajstić information content (AvgIpc) is 2.47. The van der Waals surface area contributed by atoms with Crippen molar-refractivity contribution in [3.05, 3.63) is 58.1 Å². The zero-order chi connectivity index (χ0) is 15.2. The fourth-order valence-corrected chi connectivity index (χ4v) is 2.21. The van der Waals surface area contributed by atoms with Crippen LogP contribution in [-0.2, 0) is 6.54 Å². The van der Waals surface area contributed by atoms with Gasteiger partial charge in [0.2, 0.25) is 0 Å². The molecule has 0 aliphatic carbocycles. The van der Waals surface area contributed by atoms with Crippen LogP contribution in [-0.4, -0.2) is 6.61 Å². The van der Waals surface area contributed by atoms with Crippen LogP contribution in [0, 0.1) is 5.92 Å². The fourth-order valence-electron chi connectivity index (χ4n) is 1.85. The van der Waals surface area contributed by atoms with Gasteiger partial charge in [0.1, 0.15) is 5.75 Å². The van der Waals surface area contributed by atoms with Crippen molar-refractivity contribution >= 4 is 28.9 Å². The van der Waals surface area contributed by atoms with Crippen LogP contribution in [0.3, 0.4) is 0 Å². The highest BCUT2D eigenvalue weighted by Gasteiger charge is 2.04. The lowest BCUT2D eigenvalue weighted by atomic mass is 10.2. The molecule has 2 rings (SSSR count). The molecular formula is C17H19Cl2NO. The number of nitrogens with one attached hydrogen (secondary N) is 1. The molecule has 0 spiro atoms. The molecule has 1 N–H and O–H groups in total. The maximum Gasteiger partial charge on any atom is 0.119 e. The number of hydrogen-bond donors (Lipinski definition) is 1. The van der Waals surface area contributed by atoms with Crippen LogP contribution < -0.4 is 10.1 Å². The quantitative estimate of drug-likeness (QED) is 0.742. The SMILES string of the molecule is CC(C)COc1cccc(CNc2cccc(Cl)c2Cl)c1. The topological polar surface area (TPSA) is 21.3 Å². The molecule has 0 saturated carbocycles. The summed E-state index contributed by atoms with van der Waals surface area (Å²) < 4.78 is 5.73. The predicted octanol–water partition coefficient (Wildman–Crippen LogP) is 5.64. The molecular weight excluding hydrogens is 305 g/mol. The highest BCUT2D eigenvalue weighted by molar-refractivity contribution is 6.43. The third-order valence-corrected chi connectivity index (χ3v) is 3.74. The van der Waals surface area contributed by atoms with Crippen LogP contribution >= 0.6 is 23.2 Å². The van der Waals surface area contributed by atoms with E-state index in [1.54, 1.807) is 6.07 Å². The first-order valence-corrected chi connectivity index (χ1v) is 7.71. The van der Waals surface area contributed by atoms with E-state index in [1.807, 2.05) is 36.4 Å². The number of halogens is 2. The van der Waals surface area contributed by atoms with E-state index in [2.05, 4.69) is 19.2 Å². The predicted molar refractivity (Wildman–Crippen MR) is 90.6 cm³/mol. The number of anilines is 1. The Balaban J connectivity index is 2.00. The molecule has 0 saturated heterocycles. The van der Waals surface area contributed by atoms with Gasteiger partial charge in [0.25, 0.3) is 0 Å². The largest absolute Gasteiger partial charge is 0.493 e. The Morgan fingerprint density at radius 2 is 1.86 bits per heavy atom. The van der Waals surface area contributed by atoms with Gasteiger partial charge in [-0.3, -0.25) is 0 Å². The second-order valence-corrected chi connectivity index (χ2v) is 6.09. The van der Waals surface area contributed by atoms with Crippen LogP contribution in [0.5, 0.6) is 5.75 Å². The molecule has 2 aromatic carbocycles. The molecule has 4 heteroatoms. The van der Waals surface area contributed by atoms with E-state index in [-0.39, 0.29) is 0 Å². The second-order valence-electron chi connectivity index (χ2n) is 5.31. The van der Waals surface area contributed by atoms with Crippen molar-refractivity contribution in [2.45, 2.75) is 20.4 Å². The minimum Gasteiger partial charge on any atom is -0.493 e. The van der Waals surface area contributed by atoms with Crippen molar-refractivity contribution in [3.8, 4) is 5.75 Å². The first-order chi connectivity index (χ1) is 10.1. The summed E-state index contributed by atoms with van der Waals surface area (Å²) in [6.07, 6.45) is 0. The van der Waals surface area contributed by atoms with Gasteiger partial charge in [-0.1, -0.05) is 55.2 Å². The van der Waals surface area contributed by atoms with Gasteiger partial charge in [0.15, 0.2) is 0 Å². The maximum atomic E-state index is 6.16. The summed E-state index contributed by atoms with van der Waals surface area (Å²) in [7, 11) is 0. The van der Waals surface area contributed by atoms with Crippen molar-refractivity contribution in [1.82, 2.24) is 0 Å². The normalized spacial score (nSPS) is 10.7. The molecule has 0 heterocycles. The first kappa shape index (κ1) is 16.0. The summed E-state index contributed by atoms with van der Waals surface area (Å²) in [5, 5.41) is 4.39. The van der Waals surface area contributed by atoms with Crippen molar-refractivity contribution in [3.63, 3.8) is 0 Å². The first-order valence-electron chi connectivity index (χ1n) is 6.96. The molecule has 2 nitrogen and oxygen atoms in total. The summed E-state index contributed by atoms with van der Waals surface area (Å²) in [5.74, 6) is 1.40. The molecule has 0 unspecified atom stereocenters. The summed E-state index contributed by atoms with van der Waals surface area (Å²) in [6, 6.07) is 13.6. The molecule has 0 bridgehead atoms. The second kappa shape index (κ2) is 7.58. The fraction of sp³-hybridized carbons (Fsp3) is 0.294. The molecule has 0 aromatic heterocycles. The van der Waals surface area contributed by atoms with E-state index in [4.69, 9.17) is 27.9 Å². The average molecular weight is 324 g/mol. The maximum absolute atomic E-state index is 6.16. The van der Waals surface area contributed by atoms with Gasteiger partial charge in [-0.2, -0.15) is 0 Å². The minimum atomic E-state index is 0.511. The molecule has 0 radical (unpaired) electrons. The van der Waals surface area contributed by atoms with E-state index in [1.165, 1.54) is 0 Å². The smallest absolute Gasteiger partial charge is 0.119 e. The number of hydrogen-bond acceptors (Lipinski definition) is 2. The summed E-state index contributed by atoms with van der Waals surface area (Å²) in [6.45, 7) is 5.65. The Labute approximate surface area is 136 Å². The Morgan fingerprint density at radius 3 is 2.62 bits per heavy atom. The van der Waals surface area contributed by atoms with Crippen LogP contribution in [0.1, 0.15) is 19.4 Å². The zero-order valence-corrected chi connectivity index (χ0v) is 13.7. The lowest BCUT2D eigenvalue weighted by molar-refractivity contribution is 0.271. The van der Waals surface area contributed by atoms with Crippen LogP contribution in [0.25, 0.3) is 0 Å².